The number of aromatic nitrogens is 3. The van der Waals surface area contributed by atoms with E-state index in [2.05, 4.69) is 10.3 Å². The minimum Gasteiger partial charge on any atom is -0.322 e. The normalized spacial score (nSPS) is 11.2. The van der Waals surface area contributed by atoms with Crippen molar-refractivity contribution in [1.29, 1.82) is 0 Å². The number of rotatable bonds is 4. The lowest BCUT2D eigenvalue weighted by atomic mass is 10.1. The summed E-state index contributed by atoms with van der Waals surface area (Å²) in [5.74, 6) is -2.48. The van der Waals surface area contributed by atoms with Gasteiger partial charge in [0.15, 0.2) is 0 Å². The van der Waals surface area contributed by atoms with Gasteiger partial charge in [0.2, 0.25) is 11.7 Å². The Morgan fingerprint density at radius 1 is 0.879 bits per heavy atom. The number of hydrogen-bond donors (Lipinski definition) is 1. The topological polar surface area (TPSA) is 68.4 Å². The van der Waals surface area contributed by atoms with Gasteiger partial charge in [-0.25, -0.2) is 22.6 Å². The van der Waals surface area contributed by atoms with Gasteiger partial charge in [-0.15, -0.1) is 0 Å². The third kappa shape index (κ3) is 3.73. The minimum absolute atomic E-state index is 0.167. The van der Waals surface area contributed by atoms with Crippen LogP contribution >= 0.6 is 0 Å². The highest BCUT2D eigenvalue weighted by Crippen LogP contribution is 2.22. The summed E-state index contributed by atoms with van der Waals surface area (Å²) in [5.41, 5.74) is 1.41. The van der Waals surface area contributed by atoms with E-state index in [9.17, 15) is 22.8 Å². The maximum atomic E-state index is 14.0. The number of nitrogens with one attached hydrogen (secondary N) is 1. The molecular weight excluding hydrogens is 433 g/mol. The number of para-hydroxylation sites is 2. The molecule has 0 aliphatic carbocycles. The molecule has 164 valence electrons. The van der Waals surface area contributed by atoms with Gasteiger partial charge in [0.25, 0.3) is 5.56 Å². The standard InChI is InChI=1S/C24H15F3N4O2/c25-15-7-5-14(6-8-15)19-12-23(33)31-21-4-2-1-3-20(21)30(24(31)29-19)13-22(32)28-18-10-9-16(26)11-17(18)27/h1-12H,13H2,(H,28,32). The minimum atomic E-state index is -0.904. The van der Waals surface area contributed by atoms with Crippen LogP contribution in [0.15, 0.2) is 77.6 Å². The lowest BCUT2D eigenvalue weighted by Crippen LogP contribution is -2.21. The van der Waals surface area contributed by atoms with Crippen molar-refractivity contribution < 1.29 is 18.0 Å². The van der Waals surface area contributed by atoms with Gasteiger partial charge in [0.05, 0.1) is 22.4 Å². The number of halogens is 3. The van der Waals surface area contributed by atoms with E-state index in [1.807, 2.05) is 0 Å². The van der Waals surface area contributed by atoms with Gasteiger partial charge in [-0.05, 0) is 48.5 Å². The molecule has 0 radical (unpaired) electrons. The molecule has 0 saturated heterocycles. The van der Waals surface area contributed by atoms with E-state index in [-0.39, 0.29) is 23.6 Å². The van der Waals surface area contributed by atoms with Crippen LogP contribution in [-0.2, 0) is 11.3 Å². The molecule has 33 heavy (non-hydrogen) atoms. The number of hydrogen-bond acceptors (Lipinski definition) is 3. The van der Waals surface area contributed by atoms with Gasteiger partial charge >= 0.3 is 0 Å². The molecule has 0 spiro atoms. The first-order chi connectivity index (χ1) is 15.9. The fourth-order valence-electron chi connectivity index (χ4n) is 3.72. The number of fused-ring (bicyclic) bond motifs is 3. The van der Waals surface area contributed by atoms with Crippen LogP contribution in [0.1, 0.15) is 0 Å². The Labute approximate surface area is 184 Å². The summed E-state index contributed by atoms with van der Waals surface area (Å²) in [6.45, 7) is -0.285. The summed E-state index contributed by atoms with van der Waals surface area (Å²) in [6.07, 6.45) is 0. The van der Waals surface area contributed by atoms with E-state index in [1.165, 1.54) is 39.3 Å². The lowest BCUT2D eigenvalue weighted by Gasteiger charge is -2.09. The van der Waals surface area contributed by atoms with Crippen LogP contribution in [0.25, 0.3) is 28.1 Å². The molecule has 0 aliphatic heterocycles. The molecule has 2 heterocycles. The van der Waals surface area contributed by atoms with E-state index in [0.717, 1.165) is 12.1 Å². The molecule has 3 aromatic carbocycles. The van der Waals surface area contributed by atoms with Crippen LogP contribution in [0.2, 0.25) is 0 Å². The van der Waals surface area contributed by atoms with Crippen molar-refractivity contribution in [2.45, 2.75) is 6.54 Å². The van der Waals surface area contributed by atoms with Crippen molar-refractivity contribution in [3.8, 4) is 11.3 Å². The van der Waals surface area contributed by atoms with Crippen molar-refractivity contribution in [2.75, 3.05) is 5.32 Å². The van der Waals surface area contributed by atoms with E-state index in [4.69, 9.17) is 0 Å². The number of carbonyl (C=O) groups excluding carboxylic acids is 1. The van der Waals surface area contributed by atoms with Crippen LogP contribution in [0.3, 0.4) is 0 Å². The van der Waals surface area contributed by atoms with Crippen molar-refractivity contribution in [3.63, 3.8) is 0 Å². The van der Waals surface area contributed by atoms with Crippen molar-refractivity contribution >= 4 is 28.4 Å². The maximum absolute atomic E-state index is 14.0. The van der Waals surface area contributed by atoms with Crippen LogP contribution in [0.4, 0.5) is 18.9 Å². The van der Waals surface area contributed by atoms with Gasteiger partial charge < -0.3 is 9.88 Å². The molecule has 5 aromatic rings. The molecule has 0 atom stereocenters. The van der Waals surface area contributed by atoms with E-state index >= 15 is 0 Å². The summed E-state index contributed by atoms with van der Waals surface area (Å²) in [4.78, 5) is 30.3. The second kappa shape index (κ2) is 7.94. The van der Waals surface area contributed by atoms with Gasteiger partial charge in [0.1, 0.15) is 24.0 Å². The van der Waals surface area contributed by atoms with Gasteiger partial charge in [-0.1, -0.05) is 12.1 Å². The Balaban J connectivity index is 1.62. The fourth-order valence-corrected chi connectivity index (χ4v) is 3.72. The van der Waals surface area contributed by atoms with Crippen LogP contribution in [-0.4, -0.2) is 19.9 Å². The maximum Gasteiger partial charge on any atom is 0.260 e. The Hall–Kier alpha value is -4.40. The molecular formula is C24H15F3N4O2. The zero-order valence-electron chi connectivity index (χ0n) is 16.9. The number of imidazole rings is 1. The Kier molecular flexibility index (Phi) is 4.93. The Morgan fingerprint density at radius 3 is 2.30 bits per heavy atom. The van der Waals surface area contributed by atoms with Gasteiger partial charge in [-0.3, -0.25) is 9.59 Å². The zero-order chi connectivity index (χ0) is 23.1. The van der Waals surface area contributed by atoms with E-state index in [1.54, 1.807) is 24.3 Å². The predicted octanol–water partition coefficient (Wildman–Crippen LogP) is 4.37. The third-order valence-electron chi connectivity index (χ3n) is 5.20. The number of nitrogens with zero attached hydrogens (tertiary/aromatic N) is 3. The zero-order valence-corrected chi connectivity index (χ0v) is 16.9. The van der Waals surface area contributed by atoms with E-state index in [0.29, 0.717) is 28.4 Å². The second-order valence-electron chi connectivity index (χ2n) is 7.37. The summed E-state index contributed by atoms with van der Waals surface area (Å²) in [7, 11) is 0. The van der Waals surface area contributed by atoms with Crippen molar-refractivity contribution in [1.82, 2.24) is 14.0 Å². The van der Waals surface area contributed by atoms with E-state index < -0.39 is 23.4 Å². The molecule has 9 heteroatoms. The largest absolute Gasteiger partial charge is 0.322 e. The van der Waals surface area contributed by atoms with Gasteiger partial charge in [0, 0.05) is 17.7 Å². The molecule has 1 amide bonds. The smallest absolute Gasteiger partial charge is 0.260 e. The molecule has 5 rings (SSSR count). The van der Waals surface area contributed by atoms with Gasteiger partial charge in [-0.2, -0.15) is 0 Å². The summed E-state index contributed by atoms with van der Waals surface area (Å²) >= 11 is 0. The van der Waals surface area contributed by atoms with Crippen molar-refractivity contribution in [2.24, 2.45) is 0 Å². The number of carbonyl (C=O) groups is 1. The Bertz CT molecular complexity index is 1590. The first kappa shape index (κ1) is 20.5. The summed E-state index contributed by atoms with van der Waals surface area (Å²) < 4.78 is 43.4. The highest BCUT2D eigenvalue weighted by Gasteiger charge is 2.18. The highest BCUT2D eigenvalue weighted by molar-refractivity contribution is 5.93. The molecule has 0 aliphatic rings. The quantitative estimate of drug-likeness (QED) is 0.444. The van der Waals surface area contributed by atoms with Crippen LogP contribution in [0, 0.1) is 17.5 Å². The average molecular weight is 448 g/mol. The highest BCUT2D eigenvalue weighted by atomic mass is 19.1. The fraction of sp³-hybridized carbons (Fsp3) is 0.0417. The molecule has 0 unspecified atom stereocenters. The number of benzene rings is 3. The second-order valence-corrected chi connectivity index (χ2v) is 7.37. The van der Waals surface area contributed by atoms with Crippen LogP contribution in [0.5, 0.6) is 0 Å². The van der Waals surface area contributed by atoms with Crippen molar-refractivity contribution in [3.05, 3.63) is 101 Å². The summed E-state index contributed by atoms with van der Waals surface area (Å²) in [5, 5.41) is 2.41. The number of anilines is 1. The number of amides is 1. The molecule has 1 N–H and O–H groups in total. The Morgan fingerprint density at radius 2 is 1.58 bits per heavy atom. The lowest BCUT2D eigenvalue weighted by molar-refractivity contribution is -0.116. The molecule has 0 fully saturated rings. The first-order valence-corrected chi connectivity index (χ1v) is 9.92. The molecule has 0 saturated carbocycles. The SMILES string of the molecule is O=C(Cn1c2ccccc2n2c(=O)cc(-c3ccc(F)cc3)nc12)Nc1ccc(F)cc1F. The molecule has 0 bridgehead atoms. The molecule has 2 aromatic heterocycles. The predicted molar refractivity (Wildman–Crippen MR) is 117 cm³/mol. The summed E-state index contributed by atoms with van der Waals surface area (Å²) in [6, 6.07) is 16.7. The first-order valence-electron chi connectivity index (χ1n) is 9.92. The van der Waals surface area contributed by atoms with Crippen LogP contribution < -0.4 is 10.9 Å². The monoisotopic (exact) mass is 448 g/mol. The third-order valence-corrected chi connectivity index (χ3v) is 5.20. The molecule has 6 nitrogen and oxygen atoms in total. The average Bonchev–Trinajstić information content (AvgIpc) is 3.10.